The van der Waals surface area contributed by atoms with E-state index in [0.717, 1.165) is 30.5 Å². The molecule has 3 rings (SSSR count). The number of anilines is 2. The van der Waals surface area contributed by atoms with Crippen molar-refractivity contribution in [1.29, 1.82) is 0 Å². The number of nitrogens with two attached hydrogens (primary N) is 1. The molecule has 0 saturated carbocycles. The van der Waals surface area contributed by atoms with Crippen LogP contribution in [0.4, 0.5) is 16.2 Å². The minimum absolute atomic E-state index is 0.00839. The van der Waals surface area contributed by atoms with E-state index in [1.165, 1.54) is 5.56 Å². The standard InChI is InChI=1S/C18H21N3O2/c1-23-17-8-3-2-6-16(17)21-18(22)20-15-7-4-5-12-11-13(19)9-10-14(12)15/h2-3,6,8-11,15H,4-5,7,19H2,1H3,(H2,20,21,22). The van der Waals surface area contributed by atoms with E-state index in [1.54, 1.807) is 7.11 Å². The summed E-state index contributed by atoms with van der Waals surface area (Å²) in [5.41, 5.74) is 9.64. The molecule has 1 aliphatic carbocycles. The third kappa shape index (κ3) is 3.39. The van der Waals surface area contributed by atoms with Crippen LogP contribution in [0.5, 0.6) is 5.75 Å². The second kappa shape index (κ2) is 6.60. The molecule has 0 aromatic heterocycles. The Labute approximate surface area is 135 Å². The highest BCUT2D eigenvalue weighted by Gasteiger charge is 2.22. The zero-order valence-electron chi connectivity index (χ0n) is 13.1. The van der Waals surface area contributed by atoms with Gasteiger partial charge in [-0.15, -0.1) is 0 Å². The zero-order chi connectivity index (χ0) is 16.2. The summed E-state index contributed by atoms with van der Waals surface area (Å²) in [7, 11) is 1.58. The molecule has 2 aromatic carbocycles. The number of carbonyl (C=O) groups excluding carboxylic acids is 1. The van der Waals surface area contributed by atoms with Gasteiger partial charge in [-0.3, -0.25) is 0 Å². The monoisotopic (exact) mass is 311 g/mol. The summed E-state index contributed by atoms with van der Waals surface area (Å²) in [6.45, 7) is 0. The van der Waals surface area contributed by atoms with Gasteiger partial charge in [0.05, 0.1) is 18.8 Å². The first kappa shape index (κ1) is 15.2. The van der Waals surface area contributed by atoms with Crippen LogP contribution in [-0.2, 0) is 6.42 Å². The van der Waals surface area contributed by atoms with E-state index in [1.807, 2.05) is 42.5 Å². The predicted octanol–water partition coefficient (Wildman–Crippen LogP) is 3.48. The molecule has 0 bridgehead atoms. The Kier molecular flexibility index (Phi) is 4.37. The Morgan fingerprint density at radius 2 is 2.09 bits per heavy atom. The first-order valence-corrected chi connectivity index (χ1v) is 7.76. The number of fused-ring (bicyclic) bond motifs is 1. The third-order valence-electron chi connectivity index (χ3n) is 4.14. The van der Waals surface area contributed by atoms with Crippen molar-refractivity contribution in [2.45, 2.75) is 25.3 Å². The van der Waals surface area contributed by atoms with Crippen LogP contribution >= 0.6 is 0 Å². The maximum Gasteiger partial charge on any atom is 0.319 e. The van der Waals surface area contributed by atoms with Crippen molar-refractivity contribution in [3.8, 4) is 5.75 Å². The highest BCUT2D eigenvalue weighted by molar-refractivity contribution is 5.91. The fraction of sp³-hybridized carbons (Fsp3) is 0.278. The van der Waals surface area contributed by atoms with Gasteiger partial charge in [-0.05, 0) is 54.7 Å². The van der Waals surface area contributed by atoms with E-state index in [9.17, 15) is 4.79 Å². The third-order valence-corrected chi connectivity index (χ3v) is 4.14. The SMILES string of the molecule is COc1ccccc1NC(=O)NC1CCCc2cc(N)ccc21. The average molecular weight is 311 g/mol. The van der Waals surface area contributed by atoms with E-state index in [4.69, 9.17) is 10.5 Å². The number of ether oxygens (including phenoxy) is 1. The van der Waals surface area contributed by atoms with Crippen molar-refractivity contribution in [3.05, 3.63) is 53.6 Å². The lowest BCUT2D eigenvalue weighted by atomic mass is 9.87. The lowest BCUT2D eigenvalue weighted by Gasteiger charge is -2.27. The van der Waals surface area contributed by atoms with E-state index >= 15 is 0 Å². The van der Waals surface area contributed by atoms with Crippen LogP contribution in [0.15, 0.2) is 42.5 Å². The predicted molar refractivity (Wildman–Crippen MR) is 91.7 cm³/mol. The number of carbonyl (C=O) groups is 1. The van der Waals surface area contributed by atoms with Gasteiger partial charge in [0.25, 0.3) is 0 Å². The van der Waals surface area contributed by atoms with Crippen molar-refractivity contribution < 1.29 is 9.53 Å². The second-order valence-electron chi connectivity index (χ2n) is 5.70. The smallest absolute Gasteiger partial charge is 0.319 e. The van der Waals surface area contributed by atoms with Crippen LogP contribution in [-0.4, -0.2) is 13.1 Å². The molecule has 0 heterocycles. The molecule has 1 aliphatic rings. The molecule has 5 nitrogen and oxygen atoms in total. The molecule has 0 spiro atoms. The first-order chi connectivity index (χ1) is 11.2. The van der Waals surface area contributed by atoms with Crippen molar-refractivity contribution in [2.75, 3.05) is 18.2 Å². The Morgan fingerprint density at radius 1 is 1.26 bits per heavy atom. The molecule has 0 saturated heterocycles. The minimum Gasteiger partial charge on any atom is -0.495 e. The summed E-state index contributed by atoms with van der Waals surface area (Å²) >= 11 is 0. The lowest BCUT2D eigenvalue weighted by Crippen LogP contribution is -2.34. The van der Waals surface area contributed by atoms with Crippen LogP contribution in [0.1, 0.15) is 30.0 Å². The number of aryl methyl sites for hydroxylation is 1. The second-order valence-corrected chi connectivity index (χ2v) is 5.70. The number of rotatable bonds is 3. The molecule has 0 radical (unpaired) electrons. The van der Waals surface area contributed by atoms with Crippen molar-refractivity contribution in [3.63, 3.8) is 0 Å². The van der Waals surface area contributed by atoms with Crippen LogP contribution in [0.25, 0.3) is 0 Å². The van der Waals surface area contributed by atoms with Crippen LogP contribution in [0.2, 0.25) is 0 Å². The molecule has 2 amide bonds. The number of hydrogen-bond donors (Lipinski definition) is 3. The van der Waals surface area contributed by atoms with Gasteiger partial charge >= 0.3 is 6.03 Å². The molecular weight excluding hydrogens is 290 g/mol. The molecule has 120 valence electrons. The Hall–Kier alpha value is -2.69. The lowest BCUT2D eigenvalue weighted by molar-refractivity contribution is 0.247. The van der Waals surface area contributed by atoms with Gasteiger partial charge in [0.1, 0.15) is 5.75 Å². The summed E-state index contributed by atoms with van der Waals surface area (Å²) in [5, 5.41) is 5.90. The van der Waals surface area contributed by atoms with Gasteiger partial charge in [-0.25, -0.2) is 4.79 Å². The Morgan fingerprint density at radius 3 is 2.91 bits per heavy atom. The summed E-state index contributed by atoms with van der Waals surface area (Å²) in [6.07, 6.45) is 2.97. The molecule has 2 aromatic rings. The molecule has 4 N–H and O–H groups in total. The largest absolute Gasteiger partial charge is 0.495 e. The maximum atomic E-state index is 12.3. The molecule has 23 heavy (non-hydrogen) atoms. The van der Waals surface area contributed by atoms with Gasteiger partial charge < -0.3 is 21.1 Å². The first-order valence-electron chi connectivity index (χ1n) is 7.76. The molecule has 1 unspecified atom stereocenters. The normalized spacial score (nSPS) is 16.3. The molecule has 1 atom stereocenters. The van der Waals surface area contributed by atoms with E-state index in [2.05, 4.69) is 10.6 Å². The van der Waals surface area contributed by atoms with Gasteiger partial charge in [-0.1, -0.05) is 18.2 Å². The topological polar surface area (TPSA) is 76.4 Å². The number of nitrogen functional groups attached to an aromatic ring is 1. The molecular formula is C18H21N3O2. The van der Waals surface area contributed by atoms with Crippen molar-refractivity contribution >= 4 is 17.4 Å². The van der Waals surface area contributed by atoms with Crippen LogP contribution in [0.3, 0.4) is 0 Å². The van der Waals surface area contributed by atoms with Gasteiger partial charge in [0.15, 0.2) is 0 Å². The van der Waals surface area contributed by atoms with Gasteiger partial charge in [0.2, 0.25) is 0 Å². The van der Waals surface area contributed by atoms with E-state index in [0.29, 0.717) is 11.4 Å². The van der Waals surface area contributed by atoms with Crippen molar-refractivity contribution in [2.24, 2.45) is 0 Å². The zero-order valence-corrected chi connectivity index (χ0v) is 13.1. The number of para-hydroxylation sites is 2. The summed E-state index contributed by atoms with van der Waals surface area (Å²) in [6, 6.07) is 13.0. The molecule has 0 aliphatic heterocycles. The highest BCUT2D eigenvalue weighted by Crippen LogP contribution is 2.31. The van der Waals surface area contributed by atoms with Gasteiger partial charge in [-0.2, -0.15) is 0 Å². The minimum atomic E-state index is -0.232. The van der Waals surface area contributed by atoms with Crippen LogP contribution < -0.4 is 21.1 Å². The molecule has 5 heteroatoms. The quantitative estimate of drug-likeness (QED) is 0.760. The fourth-order valence-corrected chi connectivity index (χ4v) is 3.05. The summed E-state index contributed by atoms with van der Waals surface area (Å²) < 4.78 is 5.25. The highest BCUT2D eigenvalue weighted by atomic mass is 16.5. The Balaban J connectivity index is 1.72. The number of methoxy groups -OCH3 is 1. The number of urea groups is 1. The fourth-order valence-electron chi connectivity index (χ4n) is 3.05. The number of hydrogen-bond acceptors (Lipinski definition) is 3. The van der Waals surface area contributed by atoms with Crippen LogP contribution in [0, 0.1) is 0 Å². The van der Waals surface area contributed by atoms with E-state index in [-0.39, 0.29) is 12.1 Å². The number of nitrogens with one attached hydrogen (secondary N) is 2. The Bertz CT molecular complexity index is 715. The summed E-state index contributed by atoms with van der Waals surface area (Å²) in [4.78, 5) is 12.3. The molecule has 0 fully saturated rings. The van der Waals surface area contributed by atoms with E-state index < -0.39 is 0 Å². The van der Waals surface area contributed by atoms with Gasteiger partial charge in [0, 0.05) is 5.69 Å². The van der Waals surface area contributed by atoms with Crippen molar-refractivity contribution in [1.82, 2.24) is 5.32 Å². The average Bonchev–Trinajstić information content (AvgIpc) is 2.55. The number of benzene rings is 2. The number of amides is 2. The summed E-state index contributed by atoms with van der Waals surface area (Å²) in [5.74, 6) is 0.638. The maximum absolute atomic E-state index is 12.3.